The monoisotopic (exact) mass is 242 g/mol. The van der Waals surface area contributed by atoms with Crippen LogP contribution in [0.4, 0.5) is 10.1 Å². The average Bonchev–Trinajstić information content (AvgIpc) is 2.24. The van der Waals surface area contributed by atoms with E-state index in [9.17, 15) is 4.39 Å². The summed E-state index contributed by atoms with van der Waals surface area (Å²) in [5, 5.41) is 3.08. The number of hydrogen-bond donors (Lipinski definition) is 2. The third-order valence-corrected chi connectivity index (χ3v) is 2.30. The summed E-state index contributed by atoms with van der Waals surface area (Å²) in [6, 6.07) is 4.72. The van der Waals surface area contributed by atoms with Gasteiger partial charge in [0.1, 0.15) is 10.8 Å². The van der Waals surface area contributed by atoms with Gasteiger partial charge in [0, 0.05) is 25.9 Å². The molecule has 0 saturated heterocycles. The second-order valence-corrected chi connectivity index (χ2v) is 3.74. The smallest absolute Gasteiger partial charge is 0.135 e. The van der Waals surface area contributed by atoms with Gasteiger partial charge in [0.15, 0.2) is 0 Å². The van der Waals surface area contributed by atoms with E-state index in [-0.39, 0.29) is 10.6 Å². The van der Waals surface area contributed by atoms with Gasteiger partial charge in [0.25, 0.3) is 0 Å². The van der Waals surface area contributed by atoms with Crippen molar-refractivity contribution in [3.8, 4) is 0 Å². The number of rotatable bonds is 6. The number of hydrogen-bond acceptors (Lipinski definition) is 3. The fraction of sp³-hybridized carbons (Fsp3) is 0.364. The standard InChI is InChI=1S/C11H15FN2OS/c1-15-7-3-6-14-9-5-2-4-8(12)10(9)11(13)16/h2,4-5,14H,3,6-7H2,1H3,(H2,13,16). The molecule has 0 aromatic heterocycles. The Kier molecular flexibility index (Phi) is 5.14. The topological polar surface area (TPSA) is 47.3 Å². The zero-order chi connectivity index (χ0) is 12.0. The summed E-state index contributed by atoms with van der Waals surface area (Å²) < 4.78 is 18.4. The Labute approximate surface area is 99.8 Å². The maximum atomic E-state index is 13.4. The molecule has 16 heavy (non-hydrogen) atoms. The fourth-order valence-corrected chi connectivity index (χ4v) is 1.57. The van der Waals surface area contributed by atoms with Crippen LogP contribution in [0.2, 0.25) is 0 Å². The molecule has 0 radical (unpaired) electrons. The first-order valence-electron chi connectivity index (χ1n) is 4.98. The molecule has 5 heteroatoms. The molecule has 1 aromatic carbocycles. The predicted molar refractivity (Wildman–Crippen MR) is 67.3 cm³/mol. The first kappa shape index (κ1) is 12.9. The van der Waals surface area contributed by atoms with Gasteiger partial charge in [-0.1, -0.05) is 18.3 Å². The Morgan fingerprint density at radius 2 is 2.31 bits per heavy atom. The molecule has 0 heterocycles. The maximum Gasteiger partial charge on any atom is 0.135 e. The molecule has 3 N–H and O–H groups in total. The molecule has 1 aromatic rings. The van der Waals surface area contributed by atoms with E-state index < -0.39 is 5.82 Å². The molecule has 1 rings (SSSR count). The van der Waals surface area contributed by atoms with E-state index in [1.165, 1.54) is 6.07 Å². The molecule has 0 aliphatic carbocycles. The number of halogens is 1. The normalized spacial score (nSPS) is 10.1. The third kappa shape index (κ3) is 3.43. The highest BCUT2D eigenvalue weighted by Gasteiger charge is 2.10. The molecule has 3 nitrogen and oxygen atoms in total. The van der Waals surface area contributed by atoms with Crippen molar-refractivity contribution in [2.24, 2.45) is 5.73 Å². The third-order valence-electron chi connectivity index (χ3n) is 2.10. The van der Waals surface area contributed by atoms with E-state index in [4.69, 9.17) is 22.7 Å². The van der Waals surface area contributed by atoms with Gasteiger partial charge in [-0.25, -0.2) is 4.39 Å². The predicted octanol–water partition coefficient (Wildman–Crippen LogP) is 1.91. The molecule has 0 aliphatic heterocycles. The number of thiocarbonyl (C=S) groups is 1. The van der Waals surface area contributed by atoms with E-state index in [0.29, 0.717) is 18.8 Å². The highest BCUT2D eigenvalue weighted by Crippen LogP contribution is 2.18. The summed E-state index contributed by atoms with van der Waals surface area (Å²) in [5.74, 6) is -0.399. The van der Waals surface area contributed by atoms with Crippen LogP contribution in [-0.2, 0) is 4.74 Å². The number of benzene rings is 1. The zero-order valence-corrected chi connectivity index (χ0v) is 9.94. The van der Waals surface area contributed by atoms with Crippen molar-refractivity contribution < 1.29 is 9.13 Å². The summed E-state index contributed by atoms with van der Waals surface area (Å²) >= 11 is 4.81. The molecule has 0 atom stereocenters. The Hall–Kier alpha value is -1.20. The van der Waals surface area contributed by atoms with Crippen molar-refractivity contribution in [2.45, 2.75) is 6.42 Å². The average molecular weight is 242 g/mol. The minimum absolute atomic E-state index is 0.0624. The van der Waals surface area contributed by atoms with Crippen molar-refractivity contribution >= 4 is 22.9 Å². The molecule has 0 spiro atoms. The molecule has 88 valence electrons. The highest BCUT2D eigenvalue weighted by molar-refractivity contribution is 7.80. The van der Waals surface area contributed by atoms with Gasteiger partial charge in [-0.05, 0) is 18.6 Å². The van der Waals surface area contributed by atoms with Crippen molar-refractivity contribution in [3.63, 3.8) is 0 Å². The van der Waals surface area contributed by atoms with Crippen LogP contribution in [0.3, 0.4) is 0 Å². The lowest BCUT2D eigenvalue weighted by atomic mass is 10.1. The molecular weight excluding hydrogens is 227 g/mol. The van der Waals surface area contributed by atoms with Crippen LogP contribution in [0.15, 0.2) is 18.2 Å². The Balaban J connectivity index is 2.71. The largest absolute Gasteiger partial charge is 0.389 e. The lowest BCUT2D eigenvalue weighted by Gasteiger charge is -2.11. The van der Waals surface area contributed by atoms with Gasteiger partial charge < -0.3 is 15.8 Å². The molecule has 0 amide bonds. The van der Waals surface area contributed by atoms with Gasteiger partial charge >= 0.3 is 0 Å². The van der Waals surface area contributed by atoms with Crippen LogP contribution in [0.1, 0.15) is 12.0 Å². The summed E-state index contributed by atoms with van der Waals surface area (Å²) in [5.41, 5.74) is 6.37. The number of ether oxygens (including phenoxy) is 1. The minimum atomic E-state index is -0.399. The molecule has 0 fully saturated rings. The zero-order valence-electron chi connectivity index (χ0n) is 9.13. The number of nitrogens with two attached hydrogens (primary N) is 1. The van der Waals surface area contributed by atoms with Gasteiger partial charge in [0.05, 0.1) is 5.56 Å². The molecular formula is C11H15FN2OS. The minimum Gasteiger partial charge on any atom is -0.389 e. The van der Waals surface area contributed by atoms with Crippen LogP contribution in [0.5, 0.6) is 0 Å². The van der Waals surface area contributed by atoms with Crippen molar-refractivity contribution in [1.29, 1.82) is 0 Å². The van der Waals surface area contributed by atoms with Crippen LogP contribution >= 0.6 is 12.2 Å². The van der Waals surface area contributed by atoms with Gasteiger partial charge in [-0.3, -0.25) is 0 Å². The summed E-state index contributed by atoms with van der Waals surface area (Å²) in [4.78, 5) is 0.0624. The second-order valence-electron chi connectivity index (χ2n) is 3.30. The van der Waals surface area contributed by atoms with Crippen LogP contribution in [0.25, 0.3) is 0 Å². The number of methoxy groups -OCH3 is 1. The van der Waals surface area contributed by atoms with Gasteiger partial charge in [0.2, 0.25) is 0 Å². The van der Waals surface area contributed by atoms with Crippen LogP contribution in [0, 0.1) is 5.82 Å². The van der Waals surface area contributed by atoms with E-state index >= 15 is 0 Å². The van der Waals surface area contributed by atoms with E-state index in [1.54, 1.807) is 19.2 Å². The quantitative estimate of drug-likeness (QED) is 0.591. The SMILES string of the molecule is COCCCNc1cccc(F)c1C(N)=S. The maximum absolute atomic E-state index is 13.4. The van der Waals surface area contributed by atoms with Crippen LogP contribution < -0.4 is 11.1 Å². The molecule has 0 saturated carbocycles. The number of anilines is 1. The van der Waals surface area contributed by atoms with E-state index in [2.05, 4.69) is 5.32 Å². The van der Waals surface area contributed by atoms with Gasteiger partial charge in [-0.2, -0.15) is 0 Å². The first-order valence-corrected chi connectivity index (χ1v) is 5.38. The second kappa shape index (κ2) is 6.40. The first-order chi connectivity index (χ1) is 7.66. The molecule has 0 unspecified atom stereocenters. The summed E-state index contributed by atoms with van der Waals surface area (Å²) in [7, 11) is 1.64. The fourth-order valence-electron chi connectivity index (χ4n) is 1.36. The highest BCUT2D eigenvalue weighted by atomic mass is 32.1. The summed E-state index contributed by atoms with van der Waals surface area (Å²) in [6.07, 6.45) is 0.837. The molecule has 0 bridgehead atoms. The number of nitrogens with one attached hydrogen (secondary N) is 1. The van der Waals surface area contributed by atoms with Crippen molar-refractivity contribution in [2.75, 3.05) is 25.6 Å². The van der Waals surface area contributed by atoms with Crippen LogP contribution in [-0.4, -0.2) is 25.2 Å². The van der Waals surface area contributed by atoms with Crippen molar-refractivity contribution in [1.82, 2.24) is 0 Å². The Morgan fingerprint density at radius 3 is 2.94 bits per heavy atom. The Bertz CT molecular complexity index is 371. The van der Waals surface area contributed by atoms with Crippen molar-refractivity contribution in [3.05, 3.63) is 29.6 Å². The Morgan fingerprint density at radius 1 is 1.56 bits per heavy atom. The van der Waals surface area contributed by atoms with Gasteiger partial charge in [-0.15, -0.1) is 0 Å². The summed E-state index contributed by atoms with van der Waals surface area (Å²) in [6.45, 7) is 1.34. The van der Waals surface area contributed by atoms with E-state index in [0.717, 1.165) is 6.42 Å². The van der Waals surface area contributed by atoms with E-state index in [1.807, 2.05) is 0 Å². The lowest BCUT2D eigenvalue weighted by molar-refractivity contribution is 0.198. The molecule has 0 aliphatic rings. The lowest BCUT2D eigenvalue weighted by Crippen LogP contribution is -2.16.